The van der Waals surface area contributed by atoms with Crippen LogP contribution in [0.25, 0.3) is 0 Å². The van der Waals surface area contributed by atoms with Gasteiger partial charge in [-0.15, -0.1) is 0 Å². The Morgan fingerprint density at radius 1 is 1.47 bits per heavy atom. The quantitative estimate of drug-likeness (QED) is 0.871. The van der Waals surface area contributed by atoms with Gasteiger partial charge in [-0.25, -0.2) is 4.39 Å². The third-order valence-electron chi connectivity index (χ3n) is 2.39. The van der Waals surface area contributed by atoms with E-state index in [-0.39, 0.29) is 23.7 Å². The molecule has 7 heteroatoms. The van der Waals surface area contributed by atoms with Crippen molar-refractivity contribution < 1.29 is 13.9 Å². The van der Waals surface area contributed by atoms with Crippen molar-refractivity contribution in [2.24, 2.45) is 0 Å². The van der Waals surface area contributed by atoms with Gasteiger partial charge in [-0.1, -0.05) is 17.7 Å². The van der Waals surface area contributed by atoms with Crippen LogP contribution in [0, 0.1) is 5.82 Å². The maximum atomic E-state index is 13.4. The monoisotopic (exact) mass is 283 g/mol. The Morgan fingerprint density at radius 2 is 2.26 bits per heavy atom. The third-order valence-corrected chi connectivity index (χ3v) is 2.75. The maximum Gasteiger partial charge on any atom is 0.328 e. The van der Waals surface area contributed by atoms with Crippen molar-refractivity contribution in [3.8, 4) is 0 Å². The zero-order valence-electron chi connectivity index (χ0n) is 9.85. The largest absolute Gasteiger partial charge is 0.459 e. The summed E-state index contributed by atoms with van der Waals surface area (Å²) < 4.78 is 19.7. The first-order chi connectivity index (χ1) is 9.06. The van der Waals surface area contributed by atoms with Crippen LogP contribution in [-0.4, -0.2) is 15.7 Å². The summed E-state index contributed by atoms with van der Waals surface area (Å²) in [4.78, 5) is 11.5. The number of rotatable bonds is 4. The van der Waals surface area contributed by atoms with Crippen molar-refractivity contribution in [2.75, 3.05) is 5.73 Å². The van der Waals surface area contributed by atoms with Crippen molar-refractivity contribution in [3.63, 3.8) is 0 Å². The fraction of sp³-hybridized carbons (Fsp3) is 0.167. The molecule has 1 aromatic heterocycles. The number of anilines is 1. The van der Waals surface area contributed by atoms with Crippen LogP contribution in [0.5, 0.6) is 0 Å². The molecule has 1 heterocycles. The summed E-state index contributed by atoms with van der Waals surface area (Å²) >= 11 is 5.81. The second-order valence-electron chi connectivity index (χ2n) is 3.80. The number of nitrogens with two attached hydrogens (primary N) is 1. The third kappa shape index (κ3) is 3.45. The van der Waals surface area contributed by atoms with E-state index in [1.807, 2.05) is 0 Å². The molecule has 0 atom stereocenters. The molecule has 0 amide bonds. The van der Waals surface area contributed by atoms with E-state index in [9.17, 15) is 9.18 Å². The summed E-state index contributed by atoms with van der Waals surface area (Å²) in [5.41, 5.74) is 5.56. The Hall–Kier alpha value is -2.08. The molecule has 0 aliphatic carbocycles. The molecule has 0 saturated carbocycles. The lowest BCUT2D eigenvalue weighted by atomic mass is 10.2. The van der Waals surface area contributed by atoms with Gasteiger partial charge in [-0.05, 0) is 18.2 Å². The summed E-state index contributed by atoms with van der Waals surface area (Å²) in [5.74, 6) is -0.754. The van der Waals surface area contributed by atoms with Gasteiger partial charge in [0.2, 0.25) is 0 Å². The number of nitrogen functional groups attached to an aromatic ring is 1. The van der Waals surface area contributed by atoms with E-state index in [0.29, 0.717) is 5.82 Å². The summed E-state index contributed by atoms with van der Waals surface area (Å²) in [7, 11) is 0. The maximum absolute atomic E-state index is 13.4. The zero-order chi connectivity index (χ0) is 13.8. The van der Waals surface area contributed by atoms with Gasteiger partial charge in [-0.3, -0.25) is 9.48 Å². The number of halogens is 2. The molecule has 19 heavy (non-hydrogen) atoms. The highest BCUT2D eigenvalue weighted by atomic mass is 35.5. The molecule has 0 radical (unpaired) electrons. The van der Waals surface area contributed by atoms with Gasteiger partial charge < -0.3 is 10.5 Å². The molecule has 0 saturated heterocycles. The molecule has 0 fully saturated rings. The number of esters is 1. The summed E-state index contributed by atoms with van der Waals surface area (Å²) in [6, 6.07) is 5.82. The standard InChI is InChI=1S/C12H11ClFN3O2/c13-9-2-1-3-10(14)8(9)7-19-12(18)6-17-5-4-11(15)16-17/h1-5H,6-7H2,(H2,15,16). The second kappa shape index (κ2) is 5.71. The summed E-state index contributed by atoms with van der Waals surface area (Å²) in [5, 5.41) is 4.05. The highest BCUT2D eigenvalue weighted by Crippen LogP contribution is 2.19. The number of aromatic nitrogens is 2. The molecule has 0 spiro atoms. The van der Waals surface area contributed by atoms with Gasteiger partial charge in [0.1, 0.15) is 24.8 Å². The predicted molar refractivity (Wildman–Crippen MR) is 67.8 cm³/mol. The molecule has 2 N–H and O–H groups in total. The van der Waals surface area contributed by atoms with Crippen molar-refractivity contribution >= 4 is 23.4 Å². The molecule has 1 aromatic carbocycles. The van der Waals surface area contributed by atoms with E-state index < -0.39 is 11.8 Å². The van der Waals surface area contributed by atoms with E-state index in [1.165, 1.54) is 22.9 Å². The van der Waals surface area contributed by atoms with Crippen LogP contribution in [0.2, 0.25) is 5.02 Å². The molecule has 100 valence electrons. The minimum atomic E-state index is -0.553. The number of nitrogens with zero attached hydrogens (tertiary/aromatic N) is 2. The van der Waals surface area contributed by atoms with Crippen molar-refractivity contribution in [3.05, 3.63) is 46.9 Å². The van der Waals surface area contributed by atoms with Crippen molar-refractivity contribution in [2.45, 2.75) is 13.2 Å². The number of benzene rings is 1. The van der Waals surface area contributed by atoms with Crippen molar-refractivity contribution in [1.29, 1.82) is 0 Å². The average molecular weight is 284 g/mol. The minimum absolute atomic E-state index is 0.0940. The van der Waals surface area contributed by atoms with Crippen LogP contribution in [-0.2, 0) is 22.7 Å². The first kappa shape index (κ1) is 13.4. The molecular formula is C12H11ClFN3O2. The lowest BCUT2D eigenvalue weighted by Gasteiger charge is -2.07. The molecule has 0 aliphatic rings. The van der Waals surface area contributed by atoms with Crippen LogP contribution in [0.1, 0.15) is 5.56 Å². The lowest BCUT2D eigenvalue weighted by Crippen LogP contribution is -2.14. The van der Waals surface area contributed by atoms with Gasteiger partial charge in [-0.2, -0.15) is 5.10 Å². The Bertz CT molecular complexity index is 580. The van der Waals surface area contributed by atoms with E-state index in [4.69, 9.17) is 22.1 Å². The van der Waals surface area contributed by atoms with Crippen LogP contribution in [0.15, 0.2) is 30.5 Å². The van der Waals surface area contributed by atoms with Gasteiger partial charge in [0.05, 0.1) is 5.02 Å². The van der Waals surface area contributed by atoms with Crippen LogP contribution < -0.4 is 5.73 Å². The average Bonchev–Trinajstić information content (AvgIpc) is 2.74. The van der Waals surface area contributed by atoms with Gasteiger partial charge in [0.25, 0.3) is 0 Å². The van der Waals surface area contributed by atoms with E-state index in [0.717, 1.165) is 0 Å². The molecule has 0 bridgehead atoms. The van der Waals surface area contributed by atoms with Crippen LogP contribution in [0.4, 0.5) is 10.2 Å². The Morgan fingerprint density at radius 3 is 2.89 bits per heavy atom. The lowest BCUT2D eigenvalue weighted by molar-refractivity contribution is -0.145. The Labute approximate surface area is 113 Å². The van der Waals surface area contributed by atoms with Crippen LogP contribution >= 0.6 is 11.6 Å². The fourth-order valence-corrected chi connectivity index (χ4v) is 1.68. The first-order valence-corrected chi connectivity index (χ1v) is 5.81. The summed E-state index contributed by atoms with van der Waals surface area (Å²) in [6.45, 7) is -0.315. The predicted octanol–water partition coefficient (Wildman–Crippen LogP) is 2.00. The van der Waals surface area contributed by atoms with Crippen LogP contribution in [0.3, 0.4) is 0 Å². The van der Waals surface area contributed by atoms with E-state index in [2.05, 4.69) is 5.10 Å². The summed E-state index contributed by atoms with van der Waals surface area (Å²) in [6.07, 6.45) is 1.55. The highest BCUT2D eigenvalue weighted by molar-refractivity contribution is 6.31. The number of carbonyl (C=O) groups is 1. The molecule has 0 aliphatic heterocycles. The van der Waals surface area contributed by atoms with Gasteiger partial charge in [0.15, 0.2) is 0 Å². The van der Waals surface area contributed by atoms with Gasteiger partial charge >= 0.3 is 5.97 Å². The molecular weight excluding hydrogens is 273 g/mol. The highest BCUT2D eigenvalue weighted by Gasteiger charge is 2.11. The number of hydrogen-bond acceptors (Lipinski definition) is 4. The van der Waals surface area contributed by atoms with Crippen molar-refractivity contribution in [1.82, 2.24) is 9.78 Å². The number of hydrogen-bond donors (Lipinski definition) is 1. The number of ether oxygens (including phenoxy) is 1. The molecule has 2 rings (SSSR count). The SMILES string of the molecule is Nc1ccn(CC(=O)OCc2c(F)cccc2Cl)n1. The molecule has 0 unspecified atom stereocenters. The smallest absolute Gasteiger partial charge is 0.328 e. The molecule has 5 nitrogen and oxygen atoms in total. The minimum Gasteiger partial charge on any atom is -0.459 e. The molecule has 2 aromatic rings. The topological polar surface area (TPSA) is 70.1 Å². The van der Waals surface area contributed by atoms with Gasteiger partial charge in [0, 0.05) is 11.8 Å². The Balaban J connectivity index is 1.93. The van der Waals surface area contributed by atoms with E-state index in [1.54, 1.807) is 12.3 Å². The Kier molecular flexibility index (Phi) is 4.01. The fourth-order valence-electron chi connectivity index (χ4n) is 1.47. The second-order valence-corrected chi connectivity index (χ2v) is 4.21. The first-order valence-electron chi connectivity index (χ1n) is 5.43. The number of carbonyl (C=O) groups excluding carboxylic acids is 1. The van der Waals surface area contributed by atoms with E-state index >= 15 is 0 Å². The zero-order valence-corrected chi connectivity index (χ0v) is 10.6. The normalized spacial score (nSPS) is 10.4.